The molecule has 0 aromatic heterocycles. The van der Waals surface area contributed by atoms with Gasteiger partial charge in [0.1, 0.15) is 5.69 Å². The van der Waals surface area contributed by atoms with Crippen LogP contribution in [-0.2, 0) is 6.18 Å². The van der Waals surface area contributed by atoms with Gasteiger partial charge >= 0.3 is 12.1 Å². The second kappa shape index (κ2) is 7.61. The highest BCUT2D eigenvalue weighted by Crippen LogP contribution is 2.40. The number of aryl methyl sites for hydroxylation is 1. The number of halogens is 3. The van der Waals surface area contributed by atoms with Crippen LogP contribution in [0.2, 0.25) is 0 Å². The molecule has 0 spiro atoms. The number of carboxylic acids is 1. The number of carbonyl (C=O) groups is 1. The van der Waals surface area contributed by atoms with E-state index in [1.54, 1.807) is 0 Å². The molecule has 0 aliphatic carbocycles. The van der Waals surface area contributed by atoms with Crippen LogP contribution in [0.25, 0.3) is 0 Å². The Bertz CT molecular complexity index is 954. The standard InChI is InChI=1S/C19H18F3N3O4/c1-12-4-2-3-5-15(12)23-6-8-24(9-7-23)16-11-14(19(20,21)22)13(18(26)27)10-17(16)25(28)29/h2-5,10-11H,6-9H2,1H3,(H,26,27). The summed E-state index contributed by atoms with van der Waals surface area (Å²) < 4.78 is 40.1. The number of hydrogen-bond acceptors (Lipinski definition) is 5. The highest BCUT2D eigenvalue weighted by atomic mass is 19.4. The molecule has 1 aliphatic heterocycles. The predicted octanol–water partition coefficient (Wildman–Crippen LogP) is 3.95. The van der Waals surface area contributed by atoms with E-state index in [1.165, 1.54) is 4.90 Å². The highest BCUT2D eigenvalue weighted by molar-refractivity contribution is 5.92. The number of nitrogens with zero attached hydrogens (tertiary/aromatic N) is 3. The molecule has 1 fully saturated rings. The number of piperazine rings is 1. The van der Waals surface area contributed by atoms with Gasteiger partial charge in [-0.3, -0.25) is 10.1 Å². The topological polar surface area (TPSA) is 86.9 Å². The van der Waals surface area contributed by atoms with Crippen molar-refractivity contribution in [2.75, 3.05) is 36.0 Å². The molecule has 2 aromatic carbocycles. The molecule has 1 aliphatic rings. The third-order valence-corrected chi connectivity index (χ3v) is 4.92. The first-order valence-corrected chi connectivity index (χ1v) is 8.78. The fourth-order valence-corrected chi connectivity index (χ4v) is 3.49. The van der Waals surface area contributed by atoms with Gasteiger partial charge in [0.2, 0.25) is 0 Å². The van der Waals surface area contributed by atoms with E-state index in [9.17, 15) is 28.1 Å². The molecule has 0 atom stereocenters. The van der Waals surface area contributed by atoms with Gasteiger partial charge in [0.05, 0.1) is 16.1 Å². The molecule has 1 N–H and O–H groups in total. The van der Waals surface area contributed by atoms with Crippen molar-refractivity contribution in [3.8, 4) is 0 Å². The summed E-state index contributed by atoms with van der Waals surface area (Å²) in [6.07, 6.45) is -4.94. The van der Waals surface area contributed by atoms with Gasteiger partial charge in [-0.2, -0.15) is 13.2 Å². The van der Waals surface area contributed by atoms with Gasteiger partial charge in [-0.05, 0) is 24.6 Å². The fraction of sp³-hybridized carbons (Fsp3) is 0.316. The number of alkyl halides is 3. The van der Waals surface area contributed by atoms with Gasteiger partial charge in [0.25, 0.3) is 5.69 Å². The van der Waals surface area contributed by atoms with Gasteiger partial charge in [0, 0.05) is 37.9 Å². The lowest BCUT2D eigenvalue weighted by Gasteiger charge is -2.38. The second-order valence-electron chi connectivity index (χ2n) is 6.71. The number of nitro benzene ring substituents is 1. The number of para-hydroxylation sites is 1. The lowest BCUT2D eigenvalue weighted by atomic mass is 10.0. The molecule has 2 aromatic rings. The van der Waals surface area contributed by atoms with Crippen LogP contribution in [0.15, 0.2) is 36.4 Å². The normalized spacial score (nSPS) is 14.8. The van der Waals surface area contributed by atoms with Crippen LogP contribution in [0, 0.1) is 17.0 Å². The van der Waals surface area contributed by atoms with E-state index >= 15 is 0 Å². The summed E-state index contributed by atoms with van der Waals surface area (Å²) in [6.45, 7) is 3.40. The highest BCUT2D eigenvalue weighted by Gasteiger charge is 2.39. The zero-order chi connectivity index (χ0) is 21.3. The van der Waals surface area contributed by atoms with Crippen LogP contribution >= 0.6 is 0 Å². The second-order valence-corrected chi connectivity index (χ2v) is 6.71. The largest absolute Gasteiger partial charge is 0.478 e. The van der Waals surface area contributed by atoms with E-state index in [1.807, 2.05) is 31.2 Å². The third-order valence-electron chi connectivity index (χ3n) is 4.92. The summed E-state index contributed by atoms with van der Waals surface area (Å²) in [4.78, 5) is 25.4. The number of anilines is 2. The van der Waals surface area contributed by atoms with Crippen LogP contribution in [-0.4, -0.2) is 42.2 Å². The maximum absolute atomic E-state index is 13.4. The van der Waals surface area contributed by atoms with Crippen molar-refractivity contribution in [2.24, 2.45) is 0 Å². The van der Waals surface area contributed by atoms with Crippen LogP contribution < -0.4 is 9.80 Å². The first kappa shape index (κ1) is 20.4. The fourth-order valence-electron chi connectivity index (χ4n) is 3.49. The molecule has 154 valence electrons. The average Bonchev–Trinajstić information content (AvgIpc) is 2.66. The smallest absolute Gasteiger partial charge is 0.417 e. The van der Waals surface area contributed by atoms with Crippen molar-refractivity contribution < 1.29 is 28.0 Å². The van der Waals surface area contributed by atoms with E-state index in [0.717, 1.165) is 11.3 Å². The SMILES string of the molecule is Cc1ccccc1N1CCN(c2cc(C(F)(F)F)c(C(=O)O)cc2[N+](=O)[O-])CC1. The molecule has 1 saturated heterocycles. The summed E-state index contributed by atoms with van der Waals surface area (Å²) in [6, 6.07) is 8.75. The zero-order valence-corrected chi connectivity index (χ0v) is 15.4. The van der Waals surface area contributed by atoms with Crippen molar-refractivity contribution in [1.29, 1.82) is 0 Å². The van der Waals surface area contributed by atoms with Crippen molar-refractivity contribution in [3.63, 3.8) is 0 Å². The quantitative estimate of drug-likeness (QED) is 0.608. The maximum Gasteiger partial charge on any atom is 0.417 e. The Hall–Kier alpha value is -3.30. The van der Waals surface area contributed by atoms with Gasteiger partial charge in [-0.1, -0.05) is 18.2 Å². The van der Waals surface area contributed by atoms with Gasteiger partial charge in [-0.15, -0.1) is 0 Å². The molecule has 3 rings (SSSR count). The first-order chi connectivity index (χ1) is 13.6. The Morgan fingerprint density at radius 2 is 1.62 bits per heavy atom. The Kier molecular flexibility index (Phi) is 5.36. The van der Waals surface area contributed by atoms with Crippen LogP contribution in [0.1, 0.15) is 21.5 Å². The van der Waals surface area contributed by atoms with Crippen LogP contribution in [0.4, 0.5) is 30.2 Å². The number of hydrogen-bond donors (Lipinski definition) is 1. The molecular formula is C19H18F3N3O4. The number of carboxylic acid groups (broad SMARTS) is 1. The summed E-state index contributed by atoms with van der Waals surface area (Å²) >= 11 is 0. The minimum Gasteiger partial charge on any atom is -0.478 e. The Labute approximate surface area is 164 Å². The molecule has 0 unspecified atom stereocenters. The molecule has 0 amide bonds. The summed E-state index contributed by atoms with van der Waals surface area (Å²) in [5.41, 5.74) is -1.36. The maximum atomic E-state index is 13.4. The molecule has 1 heterocycles. The Morgan fingerprint density at radius 3 is 2.10 bits per heavy atom. The number of benzene rings is 2. The minimum absolute atomic E-state index is 0.225. The molecule has 0 saturated carbocycles. The molecule has 7 nitrogen and oxygen atoms in total. The van der Waals surface area contributed by atoms with E-state index in [4.69, 9.17) is 5.11 Å². The summed E-state index contributed by atoms with van der Waals surface area (Å²) in [5.74, 6) is -1.86. The first-order valence-electron chi connectivity index (χ1n) is 8.78. The third kappa shape index (κ3) is 4.10. The van der Waals surface area contributed by atoms with Gasteiger partial charge in [0.15, 0.2) is 0 Å². The van der Waals surface area contributed by atoms with Gasteiger partial charge in [-0.25, -0.2) is 4.79 Å². The summed E-state index contributed by atoms with van der Waals surface area (Å²) in [5, 5.41) is 20.5. The molecule has 0 radical (unpaired) electrons. The molecular weight excluding hydrogens is 391 g/mol. The van der Waals surface area contributed by atoms with Crippen LogP contribution in [0.3, 0.4) is 0 Å². The van der Waals surface area contributed by atoms with E-state index < -0.39 is 33.9 Å². The van der Waals surface area contributed by atoms with Crippen molar-refractivity contribution in [2.45, 2.75) is 13.1 Å². The monoisotopic (exact) mass is 409 g/mol. The van der Waals surface area contributed by atoms with Crippen molar-refractivity contribution in [3.05, 3.63) is 63.2 Å². The van der Waals surface area contributed by atoms with E-state index in [-0.39, 0.29) is 18.8 Å². The molecule has 10 heteroatoms. The van der Waals surface area contributed by atoms with Crippen molar-refractivity contribution in [1.82, 2.24) is 0 Å². The summed E-state index contributed by atoms with van der Waals surface area (Å²) in [7, 11) is 0. The minimum atomic E-state index is -4.94. The lowest BCUT2D eigenvalue weighted by molar-refractivity contribution is -0.384. The predicted molar refractivity (Wildman–Crippen MR) is 101 cm³/mol. The Morgan fingerprint density at radius 1 is 1.07 bits per heavy atom. The lowest BCUT2D eigenvalue weighted by Crippen LogP contribution is -2.47. The van der Waals surface area contributed by atoms with E-state index in [2.05, 4.69) is 4.90 Å². The van der Waals surface area contributed by atoms with Gasteiger partial charge < -0.3 is 14.9 Å². The molecule has 29 heavy (non-hydrogen) atoms. The average molecular weight is 409 g/mol. The molecule has 0 bridgehead atoms. The number of aromatic carboxylic acids is 1. The van der Waals surface area contributed by atoms with Crippen LogP contribution in [0.5, 0.6) is 0 Å². The van der Waals surface area contributed by atoms with Crippen molar-refractivity contribution >= 4 is 23.0 Å². The number of rotatable bonds is 4. The Balaban J connectivity index is 1.95. The van der Waals surface area contributed by atoms with E-state index in [0.29, 0.717) is 25.2 Å². The number of nitro groups is 1. The zero-order valence-electron chi connectivity index (χ0n) is 15.4.